The summed E-state index contributed by atoms with van der Waals surface area (Å²) in [6.45, 7) is 0. The molecule has 1 heterocycles. The van der Waals surface area contributed by atoms with Crippen molar-refractivity contribution in [2.75, 3.05) is 9.38 Å². The second-order valence-electron chi connectivity index (χ2n) is 3.44. The predicted molar refractivity (Wildman–Crippen MR) is 74.9 cm³/mol. The molecule has 0 atom stereocenters. The summed E-state index contributed by atoms with van der Waals surface area (Å²) in [7, 11) is -3.44. The highest BCUT2D eigenvalue weighted by Crippen LogP contribution is 2.25. The molecule has 0 unspecified atom stereocenters. The Morgan fingerprint density at radius 3 is 2.83 bits per heavy atom. The Balaban J connectivity index is 2.48. The van der Waals surface area contributed by atoms with Crippen molar-refractivity contribution in [1.29, 1.82) is 0 Å². The first kappa shape index (κ1) is 13.4. The number of anilines is 1. The number of aromatic nitrogens is 2. The lowest BCUT2D eigenvalue weighted by Crippen LogP contribution is -2.15. The summed E-state index contributed by atoms with van der Waals surface area (Å²) in [6, 6.07) is 6.65. The molecule has 0 saturated heterocycles. The highest BCUT2D eigenvalue weighted by Gasteiger charge is 2.13. The second-order valence-corrected chi connectivity index (χ2v) is 6.90. The van der Waals surface area contributed by atoms with Crippen LogP contribution >= 0.6 is 27.5 Å². The van der Waals surface area contributed by atoms with E-state index >= 15 is 0 Å². The van der Waals surface area contributed by atoms with Crippen LogP contribution in [-0.2, 0) is 10.0 Å². The fourth-order valence-electron chi connectivity index (χ4n) is 1.40. The minimum atomic E-state index is -3.44. The lowest BCUT2D eigenvalue weighted by Gasteiger charge is -2.11. The molecule has 8 heteroatoms. The number of hydrogen-bond donors (Lipinski definition) is 1. The minimum Gasteiger partial charge on any atom is -0.281 e. The minimum absolute atomic E-state index is 0.189. The highest BCUT2D eigenvalue weighted by atomic mass is 79.9. The molecule has 0 aliphatic rings. The molecule has 96 valence electrons. The van der Waals surface area contributed by atoms with Gasteiger partial charge < -0.3 is 0 Å². The van der Waals surface area contributed by atoms with Crippen LogP contribution in [0, 0.1) is 0 Å². The summed E-state index contributed by atoms with van der Waals surface area (Å²) in [5.41, 5.74) is 0.986. The average Bonchev–Trinajstić information content (AvgIpc) is 2.82. The van der Waals surface area contributed by atoms with Gasteiger partial charge in [0, 0.05) is 17.4 Å². The molecular formula is C10H9BrClN3O2S. The van der Waals surface area contributed by atoms with Crippen molar-refractivity contribution in [2.24, 2.45) is 0 Å². The molecule has 1 aromatic heterocycles. The Morgan fingerprint density at radius 2 is 2.22 bits per heavy atom. The van der Waals surface area contributed by atoms with Gasteiger partial charge in [0.05, 0.1) is 11.4 Å². The summed E-state index contributed by atoms with van der Waals surface area (Å²) in [5.74, 6) is 0. The molecular weight excluding hydrogens is 342 g/mol. The van der Waals surface area contributed by atoms with Gasteiger partial charge in [0.2, 0.25) is 10.0 Å². The molecule has 5 nitrogen and oxygen atoms in total. The summed E-state index contributed by atoms with van der Waals surface area (Å²) >= 11 is 8.79. The van der Waals surface area contributed by atoms with Crippen molar-refractivity contribution in [1.82, 2.24) is 9.78 Å². The molecule has 0 radical (unpaired) electrons. The SMILES string of the molecule is O=S(=O)(CBr)Nc1cc(Cl)ccc1-n1cccn1. The van der Waals surface area contributed by atoms with E-state index in [4.69, 9.17) is 11.6 Å². The van der Waals surface area contributed by atoms with Crippen molar-refractivity contribution >= 4 is 43.2 Å². The van der Waals surface area contributed by atoms with E-state index in [9.17, 15) is 8.42 Å². The third kappa shape index (κ3) is 3.04. The van der Waals surface area contributed by atoms with Gasteiger partial charge in [-0.25, -0.2) is 13.1 Å². The third-order valence-corrected chi connectivity index (χ3v) is 4.98. The number of rotatable bonds is 4. The van der Waals surface area contributed by atoms with E-state index in [1.165, 1.54) is 0 Å². The smallest absolute Gasteiger partial charge is 0.242 e. The summed E-state index contributed by atoms with van der Waals surface area (Å²) < 4.78 is 27.0. The molecule has 0 bridgehead atoms. The van der Waals surface area contributed by atoms with Gasteiger partial charge in [-0.05, 0) is 24.3 Å². The molecule has 2 aromatic rings. The molecule has 0 aliphatic heterocycles. The van der Waals surface area contributed by atoms with E-state index in [1.807, 2.05) is 0 Å². The van der Waals surface area contributed by atoms with Crippen molar-refractivity contribution < 1.29 is 8.42 Å². The molecule has 0 aliphatic carbocycles. The van der Waals surface area contributed by atoms with Gasteiger partial charge in [-0.3, -0.25) is 4.72 Å². The topological polar surface area (TPSA) is 64.0 Å². The van der Waals surface area contributed by atoms with E-state index in [0.717, 1.165) is 0 Å². The summed E-state index contributed by atoms with van der Waals surface area (Å²) in [6.07, 6.45) is 3.33. The molecule has 2 rings (SSSR count). The Hall–Kier alpha value is -1.05. The van der Waals surface area contributed by atoms with Crippen molar-refractivity contribution in [3.8, 4) is 5.69 Å². The Bertz CT molecular complexity index is 643. The van der Waals surface area contributed by atoms with Crippen LogP contribution in [0.15, 0.2) is 36.7 Å². The number of halogens is 2. The first-order chi connectivity index (χ1) is 8.52. The highest BCUT2D eigenvalue weighted by molar-refractivity contribution is 9.10. The monoisotopic (exact) mass is 349 g/mol. The van der Waals surface area contributed by atoms with Gasteiger partial charge >= 0.3 is 0 Å². The fourth-order valence-corrected chi connectivity index (χ4v) is 2.46. The summed E-state index contributed by atoms with van der Waals surface area (Å²) in [5, 5.41) is 4.50. The van der Waals surface area contributed by atoms with Crippen molar-refractivity contribution in [3.63, 3.8) is 0 Å². The number of hydrogen-bond acceptors (Lipinski definition) is 3. The predicted octanol–water partition coefficient (Wildman–Crippen LogP) is 2.62. The van der Waals surface area contributed by atoms with Crippen LogP contribution in [0.2, 0.25) is 5.02 Å². The van der Waals surface area contributed by atoms with Crippen LogP contribution < -0.4 is 4.72 Å². The van der Waals surface area contributed by atoms with E-state index in [2.05, 4.69) is 25.8 Å². The zero-order chi connectivity index (χ0) is 13.2. The van der Waals surface area contributed by atoms with Crippen LogP contribution in [-0.4, -0.2) is 22.9 Å². The lowest BCUT2D eigenvalue weighted by atomic mass is 10.3. The van der Waals surface area contributed by atoms with Crippen molar-refractivity contribution in [3.05, 3.63) is 41.7 Å². The largest absolute Gasteiger partial charge is 0.281 e. The Labute approximate surface area is 118 Å². The lowest BCUT2D eigenvalue weighted by molar-refractivity contribution is 0.606. The van der Waals surface area contributed by atoms with E-state index in [1.54, 1.807) is 41.3 Å². The van der Waals surface area contributed by atoms with Crippen LogP contribution in [0.25, 0.3) is 5.69 Å². The van der Waals surface area contributed by atoms with Crippen LogP contribution in [0.5, 0.6) is 0 Å². The number of benzene rings is 1. The van der Waals surface area contributed by atoms with E-state index in [0.29, 0.717) is 16.4 Å². The molecule has 18 heavy (non-hydrogen) atoms. The van der Waals surface area contributed by atoms with Gasteiger partial charge in [-0.1, -0.05) is 27.5 Å². The maximum Gasteiger partial charge on any atom is 0.242 e. The zero-order valence-electron chi connectivity index (χ0n) is 9.05. The normalized spacial score (nSPS) is 11.4. The zero-order valence-corrected chi connectivity index (χ0v) is 12.2. The summed E-state index contributed by atoms with van der Waals surface area (Å²) in [4.78, 5) is 0. The van der Waals surface area contributed by atoms with Gasteiger partial charge in [-0.15, -0.1) is 0 Å². The number of alkyl halides is 1. The Kier molecular flexibility index (Phi) is 3.94. The van der Waals surface area contributed by atoms with E-state index < -0.39 is 10.0 Å². The molecule has 0 amide bonds. The fraction of sp³-hybridized carbons (Fsp3) is 0.100. The maximum absolute atomic E-state index is 11.6. The standard InChI is InChI=1S/C10H9BrClN3O2S/c11-7-18(16,17)14-9-6-8(12)2-3-10(9)15-5-1-4-13-15/h1-6,14H,7H2. The van der Waals surface area contributed by atoms with Crippen LogP contribution in [0.1, 0.15) is 0 Å². The van der Waals surface area contributed by atoms with Gasteiger partial charge in [-0.2, -0.15) is 5.10 Å². The number of sulfonamides is 1. The van der Waals surface area contributed by atoms with Crippen molar-refractivity contribution in [2.45, 2.75) is 0 Å². The van der Waals surface area contributed by atoms with Gasteiger partial charge in [0.15, 0.2) is 0 Å². The molecule has 1 N–H and O–H groups in total. The van der Waals surface area contributed by atoms with E-state index in [-0.39, 0.29) is 4.66 Å². The third-order valence-electron chi connectivity index (χ3n) is 2.12. The molecule has 0 fully saturated rings. The molecule has 0 saturated carbocycles. The van der Waals surface area contributed by atoms with Gasteiger partial charge in [0.25, 0.3) is 0 Å². The number of nitrogens with one attached hydrogen (secondary N) is 1. The second kappa shape index (κ2) is 5.29. The average molecular weight is 351 g/mol. The van der Waals surface area contributed by atoms with Crippen LogP contribution in [0.3, 0.4) is 0 Å². The first-order valence-corrected chi connectivity index (χ1v) is 8.03. The molecule has 0 spiro atoms. The molecule has 1 aromatic carbocycles. The number of nitrogens with zero attached hydrogens (tertiary/aromatic N) is 2. The maximum atomic E-state index is 11.6. The quantitative estimate of drug-likeness (QED) is 0.862. The Morgan fingerprint density at radius 1 is 1.44 bits per heavy atom. The van der Waals surface area contributed by atoms with Gasteiger partial charge in [0.1, 0.15) is 4.66 Å². The van der Waals surface area contributed by atoms with Crippen LogP contribution in [0.4, 0.5) is 5.69 Å². The first-order valence-electron chi connectivity index (χ1n) is 4.88.